The summed E-state index contributed by atoms with van der Waals surface area (Å²) in [5.41, 5.74) is 6.99. The first kappa shape index (κ1) is 12.3. The van der Waals surface area contributed by atoms with E-state index in [9.17, 15) is 0 Å². The van der Waals surface area contributed by atoms with Crippen molar-refractivity contribution in [2.24, 2.45) is 10.7 Å². The van der Waals surface area contributed by atoms with Gasteiger partial charge in [0.1, 0.15) is 0 Å². The number of nitrogens with two attached hydrogens (primary N) is 1. The monoisotopic (exact) mass is 249 g/mol. The van der Waals surface area contributed by atoms with Crippen molar-refractivity contribution >= 4 is 23.4 Å². The van der Waals surface area contributed by atoms with Crippen molar-refractivity contribution in [1.29, 1.82) is 0 Å². The molecule has 2 rings (SSSR count). The van der Waals surface area contributed by atoms with E-state index in [1.54, 1.807) is 0 Å². The van der Waals surface area contributed by atoms with Crippen LogP contribution in [0.5, 0.6) is 0 Å². The molecule has 0 unspecified atom stereocenters. The molecule has 3 nitrogen and oxygen atoms in total. The lowest BCUT2D eigenvalue weighted by atomic mass is 10.2. The largest absolute Gasteiger partial charge is 0.369 e. The van der Waals surface area contributed by atoms with Crippen LogP contribution >= 0.6 is 11.8 Å². The molecule has 17 heavy (non-hydrogen) atoms. The minimum Gasteiger partial charge on any atom is -0.369 e. The van der Waals surface area contributed by atoms with E-state index in [0.717, 1.165) is 24.5 Å². The Hall–Kier alpha value is -1.16. The van der Waals surface area contributed by atoms with Gasteiger partial charge in [0.2, 0.25) is 0 Å². The zero-order chi connectivity index (χ0) is 12.3. The molecule has 2 N–H and O–H groups in total. The lowest BCUT2D eigenvalue weighted by Crippen LogP contribution is -2.49. The van der Waals surface area contributed by atoms with E-state index in [0.29, 0.717) is 5.96 Å². The molecule has 1 fully saturated rings. The van der Waals surface area contributed by atoms with Crippen molar-refractivity contribution in [1.82, 2.24) is 4.90 Å². The summed E-state index contributed by atoms with van der Waals surface area (Å²) in [5, 5.41) is 0. The highest BCUT2D eigenvalue weighted by Gasteiger charge is 2.27. The Kier molecular flexibility index (Phi) is 3.62. The second-order valence-corrected chi connectivity index (χ2v) is 6.64. The summed E-state index contributed by atoms with van der Waals surface area (Å²) < 4.78 is 0.259. The fourth-order valence-electron chi connectivity index (χ4n) is 1.92. The van der Waals surface area contributed by atoms with Crippen molar-refractivity contribution in [2.45, 2.75) is 18.6 Å². The van der Waals surface area contributed by atoms with E-state index in [4.69, 9.17) is 5.73 Å². The van der Waals surface area contributed by atoms with E-state index < -0.39 is 0 Å². The maximum Gasteiger partial charge on any atom is 0.196 e. The average molecular weight is 249 g/mol. The predicted octanol–water partition coefficient (Wildman–Crippen LogP) is 2.46. The first-order valence-corrected chi connectivity index (χ1v) is 6.83. The maximum atomic E-state index is 6.07. The smallest absolute Gasteiger partial charge is 0.196 e. The van der Waals surface area contributed by atoms with Crippen LogP contribution in [0.2, 0.25) is 0 Å². The van der Waals surface area contributed by atoms with Crippen LogP contribution in [0.1, 0.15) is 13.8 Å². The average Bonchev–Trinajstić information content (AvgIpc) is 2.29. The molecular weight excluding hydrogens is 230 g/mol. The Balaban J connectivity index is 2.09. The van der Waals surface area contributed by atoms with Crippen LogP contribution in [0.3, 0.4) is 0 Å². The number of guanidine groups is 1. The Morgan fingerprint density at radius 2 is 2.06 bits per heavy atom. The van der Waals surface area contributed by atoms with Gasteiger partial charge in [0, 0.05) is 23.6 Å². The van der Waals surface area contributed by atoms with Gasteiger partial charge in [0.15, 0.2) is 5.96 Å². The van der Waals surface area contributed by atoms with Gasteiger partial charge in [-0.25, -0.2) is 4.99 Å². The van der Waals surface area contributed by atoms with Gasteiger partial charge < -0.3 is 10.6 Å². The first-order valence-electron chi connectivity index (χ1n) is 5.85. The molecule has 0 atom stereocenters. The van der Waals surface area contributed by atoms with E-state index in [2.05, 4.69) is 23.7 Å². The van der Waals surface area contributed by atoms with Gasteiger partial charge in [0.05, 0.1) is 5.69 Å². The third kappa shape index (κ3) is 3.40. The van der Waals surface area contributed by atoms with Gasteiger partial charge in [-0.2, -0.15) is 11.8 Å². The quantitative estimate of drug-likeness (QED) is 0.614. The SMILES string of the molecule is CC1(C)CN(C(N)=Nc2ccccc2)CCS1. The molecule has 1 heterocycles. The minimum atomic E-state index is 0.259. The topological polar surface area (TPSA) is 41.6 Å². The fraction of sp³-hybridized carbons (Fsp3) is 0.462. The lowest BCUT2D eigenvalue weighted by Gasteiger charge is -2.38. The standard InChI is InChI=1S/C13H19N3S/c1-13(2)10-16(8-9-17-13)12(14)15-11-6-4-3-5-7-11/h3-7H,8-10H2,1-2H3,(H2,14,15). The van der Waals surface area contributed by atoms with Gasteiger partial charge in [-0.1, -0.05) is 18.2 Å². The summed E-state index contributed by atoms with van der Waals surface area (Å²) in [6.45, 7) is 6.44. The maximum absolute atomic E-state index is 6.07. The van der Waals surface area contributed by atoms with Crippen LogP contribution in [0.4, 0.5) is 5.69 Å². The second kappa shape index (κ2) is 5.00. The number of hydrogen-bond donors (Lipinski definition) is 1. The molecule has 0 bridgehead atoms. The minimum absolute atomic E-state index is 0.259. The number of hydrogen-bond acceptors (Lipinski definition) is 2. The number of aliphatic imine (C=N–C) groups is 1. The molecule has 0 spiro atoms. The third-order valence-electron chi connectivity index (χ3n) is 2.75. The second-order valence-electron chi connectivity index (χ2n) is 4.84. The number of thioether (sulfide) groups is 1. The summed E-state index contributed by atoms with van der Waals surface area (Å²) in [5.74, 6) is 1.74. The van der Waals surface area contributed by atoms with Crippen LogP contribution in [-0.2, 0) is 0 Å². The summed E-state index contributed by atoms with van der Waals surface area (Å²) in [7, 11) is 0. The molecule has 92 valence electrons. The molecule has 1 aromatic carbocycles. The molecule has 1 aromatic rings. The zero-order valence-electron chi connectivity index (χ0n) is 10.4. The number of rotatable bonds is 1. The van der Waals surface area contributed by atoms with Crippen molar-refractivity contribution in [2.75, 3.05) is 18.8 Å². The summed E-state index contributed by atoms with van der Waals surface area (Å²) in [6, 6.07) is 9.87. The summed E-state index contributed by atoms with van der Waals surface area (Å²) in [4.78, 5) is 6.63. The van der Waals surface area contributed by atoms with Gasteiger partial charge in [0.25, 0.3) is 0 Å². The van der Waals surface area contributed by atoms with Gasteiger partial charge in [-0.15, -0.1) is 0 Å². The molecule has 0 aliphatic carbocycles. The molecule has 1 aliphatic heterocycles. The highest BCUT2D eigenvalue weighted by molar-refractivity contribution is 8.00. The lowest BCUT2D eigenvalue weighted by molar-refractivity contribution is 0.385. The molecule has 0 amide bonds. The third-order valence-corrected chi connectivity index (χ3v) is 4.05. The van der Waals surface area contributed by atoms with Crippen LogP contribution < -0.4 is 5.73 Å². The number of para-hydroxylation sites is 1. The molecule has 0 saturated carbocycles. The molecule has 1 saturated heterocycles. The number of benzene rings is 1. The molecular formula is C13H19N3S. The zero-order valence-corrected chi connectivity index (χ0v) is 11.2. The van der Waals surface area contributed by atoms with Gasteiger partial charge in [-0.05, 0) is 26.0 Å². The van der Waals surface area contributed by atoms with E-state index in [1.165, 1.54) is 0 Å². The van der Waals surface area contributed by atoms with Crippen LogP contribution in [0, 0.1) is 0 Å². The Bertz CT molecular complexity index is 400. The molecule has 4 heteroatoms. The number of nitrogens with zero attached hydrogens (tertiary/aromatic N) is 2. The highest BCUT2D eigenvalue weighted by atomic mass is 32.2. The summed E-state index contributed by atoms with van der Waals surface area (Å²) >= 11 is 2.00. The Labute approximate surface area is 107 Å². The van der Waals surface area contributed by atoms with Crippen LogP contribution in [0.15, 0.2) is 35.3 Å². The van der Waals surface area contributed by atoms with Crippen LogP contribution in [-0.4, -0.2) is 34.4 Å². The molecule has 0 radical (unpaired) electrons. The molecule has 0 aromatic heterocycles. The van der Waals surface area contributed by atoms with E-state index in [1.807, 2.05) is 42.1 Å². The van der Waals surface area contributed by atoms with E-state index in [-0.39, 0.29) is 4.75 Å². The van der Waals surface area contributed by atoms with Crippen molar-refractivity contribution in [3.8, 4) is 0 Å². The Morgan fingerprint density at radius 1 is 1.35 bits per heavy atom. The highest BCUT2D eigenvalue weighted by Crippen LogP contribution is 2.29. The van der Waals surface area contributed by atoms with Crippen molar-refractivity contribution < 1.29 is 0 Å². The first-order chi connectivity index (χ1) is 8.07. The summed E-state index contributed by atoms with van der Waals surface area (Å²) in [6.07, 6.45) is 0. The van der Waals surface area contributed by atoms with Crippen LogP contribution in [0.25, 0.3) is 0 Å². The van der Waals surface area contributed by atoms with Crippen molar-refractivity contribution in [3.63, 3.8) is 0 Å². The van der Waals surface area contributed by atoms with Gasteiger partial charge >= 0.3 is 0 Å². The van der Waals surface area contributed by atoms with E-state index >= 15 is 0 Å². The van der Waals surface area contributed by atoms with Gasteiger partial charge in [-0.3, -0.25) is 0 Å². The normalized spacial score (nSPS) is 20.4. The fourth-order valence-corrected chi connectivity index (χ4v) is 3.03. The molecule has 1 aliphatic rings. The van der Waals surface area contributed by atoms with Crippen molar-refractivity contribution in [3.05, 3.63) is 30.3 Å². The predicted molar refractivity (Wildman–Crippen MR) is 75.8 cm³/mol. The Morgan fingerprint density at radius 3 is 2.71 bits per heavy atom.